The molecule has 0 saturated carbocycles. The first-order valence-electron chi connectivity index (χ1n) is 8.71. The third kappa shape index (κ3) is 4.20. The van der Waals surface area contributed by atoms with E-state index in [2.05, 4.69) is 4.72 Å². The highest BCUT2D eigenvalue weighted by Gasteiger charge is 2.20. The largest absolute Gasteiger partial charge is 0.454 e. The molecule has 7 nitrogen and oxygen atoms in total. The van der Waals surface area contributed by atoms with Gasteiger partial charge in [0, 0.05) is 25.2 Å². The van der Waals surface area contributed by atoms with Crippen molar-refractivity contribution in [2.75, 3.05) is 18.6 Å². The Bertz CT molecular complexity index is 1140. The molecule has 29 heavy (non-hydrogen) atoms. The molecular formula is C20H18N2O5S2. The lowest BCUT2D eigenvalue weighted by Crippen LogP contribution is -2.26. The molecule has 0 fully saturated rings. The van der Waals surface area contributed by atoms with Gasteiger partial charge in [-0.2, -0.15) is 11.3 Å². The molecule has 1 aromatic heterocycles. The number of benzene rings is 2. The molecule has 1 amide bonds. The quantitative estimate of drug-likeness (QED) is 0.647. The van der Waals surface area contributed by atoms with Crippen molar-refractivity contribution in [1.82, 2.24) is 4.90 Å². The van der Waals surface area contributed by atoms with Gasteiger partial charge in [0.1, 0.15) is 0 Å². The first kappa shape index (κ1) is 19.3. The molecule has 0 unspecified atom stereocenters. The standard InChI is InChI=1S/C20H18N2O5S2/c1-22(11-14-7-8-28-12-14)20(23)15-3-2-4-17(9-15)29(24,25)21-16-5-6-18-19(10-16)27-13-26-18/h2-10,12,21H,11,13H2,1H3. The molecular weight excluding hydrogens is 412 g/mol. The highest BCUT2D eigenvalue weighted by molar-refractivity contribution is 7.92. The number of fused-ring (bicyclic) bond motifs is 1. The van der Waals surface area contributed by atoms with Crippen LogP contribution in [0.5, 0.6) is 11.5 Å². The number of anilines is 1. The second kappa shape index (κ2) is 7.76. The highest BCUT2D eigenvalue weighted by atomic mass is 32.2. The summed E-state index contributed by atoms with van der Waals surface area (Å²) in [6.07, 6.45) is 0. The van der Waals surface area contributed by atoms with E-state index in [1.807, 2.05) is 16.8 Å². The van der Waals surface area contributed by atoms with Crippen LogP contribution in [0.25, 0.3) is 0 Å². The van der Waals surface area contributed by atoms with Gasteiger partial charge < -0.3 is 14.4 Å². The monoisotopic (exact) mass is 430 g/mol. The maximum Gasteiger partial charge on any atom is 0.261 e. The maximum absolute atomic E-state index is 12.8. The van der Waals surface area contributed by atoms with E-state index in [-0.39, 0.29) is 17.6 Å². The van der Waals surface area contributed by atoms with E-state index in [4.69, 9.17) is 9.47 Å². The zero-order valence-electron chi connectivity index (χ0n) is 15.5. The molecule has 0 aliphatic carbocycles. The second-order valence-corrected chi connectivity index (χ2v) is 8.96. The lowest BCUT2D eigenvalue weighted by molar-refractivity contribution is 0.0785. The Morgan fingerprint density at radius 2 is 1.97 bits per heavy atom. The summed E-state index contributed by atoms with van der Waals surface area (Å²) in [6, 6.07) is 12.7. The molecule has 3 aromatic rings. The van der Waals surface area contributed by atoms with Gasteiger partial charge in [0.15, 0.2) is 11.5 Å². The lowest BCUT2D eigenvalue weighted by atomic mass is 10.2. The minimum atomic E-state index is -3.88. The molecule has 2 aromatic carbocycles. The van der Waals surface area contributed by atoms with E-state index in [0.717, 1.165) is 5.56 Å². The summed E-state index contributed by atoms with van der Waals surface area (Å²) in [6.45, 7) is 0.559. The van der Waals surface area contributed by atoms with Crippen molar-refractivity contribution in [3.63, 3.8) is 0 Å². The zero-order valence-corrected chi connectivity index (χ0v) is 17.1. The Labute approximate surface area is 172 Å². The topological polar surface area (TPSA) is 84.9 Å². The third-order valence-electron chi connectivity index (χ3n) is 4.36. The fraction of sp³-hybridized carbons (Fsp3) is 0.150. The van der Waals surface area contributed by atoms with Gasteiger partial charge in [-0.3, -0.25) is 9.52 Å². The Balaban J connectivity index is 1.53. The van der Waals surface area contributed by atoms with E-state index in [1.54, 1.807) is 53.6 Å². The van der Waals surface area contributed by atoms with Gasteiger partial charge in [-0.1, -0.05) is 6.07 Å². The van der Waals surface area contributed by atoms with Gasteiger partial charge in [0.25, 0.3) is 15.9 Å². The molecule has 0 radical (unpaired) electrons. The number of carbonyl (C=O) groups is 1. The molecule has 4 rings (SSSR count). The Kier molecular flexibility index (Phi) is 5.16. The number of rotatable bonds is 6. The van der Waals surface area contributed by atoms with Crippen LogP contribution in [-0.4, -0.2) is 33.1 Å². The van der Waals surface area contributed by atoms with E-state index >= 15 is 0 Å². The molecule has 9 heteroatoms. The third-order valence-corrected chi connectivity index (χ3v) is 6.47. The van der Waals surface area contributed by atoms with Crippen LogP contribution in [0.3, 0.4) is 0 Å². The predicted octanol–water partition coefficient (Wildman–Crippen LogP) is 3.55. The van der Waals surface area contributed by atoms with Gasteiger partial charge in [0.2, 0.25) is 6.79 Å². The molecule has 0 atom stereocenters. The van der Waals surface area contributed by atoms with Crippen LogP contribution in [-0.2, 0) is 16.6 Å². The summed E-state index contributed by atoms with van der Waals surface area (Å²) in [5, 5.41) is 3.92. The number of amides is 1. The van der Waals surface area contributed by atoms with Crippen molar-refractivity contribution in [3.05, 3.63) is 70.4 Å². The van der Waals surface area contributed by atoms with Crippen LogP contribution in [0.1, 0.15) is 15.9 Å². The van der Waals surface area contributed by atoms with Gasteiger partial charge in [0.05, 0.1) is 10.6 Å². The van der Waals surface area contributed by atoms with Crippen LogP contribution >= 0.6 is 11.3 Å². The minimum absolute atomic E-state index is 0.00458. The van der Waals surface area contributed by atoms with Crippen molar-refractivity contribution in [2.24, 2.45) is 0 Å². The van der Waals surface area contributed by atoms with Crippen molar-refractivity contribution >= 4 is 33.0 Å². The predicted molar refractivity (Wildman–Crippen MR) is 110 cm³/mol. The summed E-state index contributed by atoms with van der Waals surface area (Å²) in [4.78, 5) is 14.3. The summed E-state index contributed by atoms with van der Waals surface area (Å²) in [7, 11) is -2.19. The van der Waals surface area contributed by atoms with Crippen molar-refractivity contribution in [2.45, 2.75) is 11.4 Å². The maximum atomic E-state index is 12.8. The number of carbonyl (C=O) groups excluding carboxylic acids is 1. The fourth-order valence-corrected chi connectivity index (χ4v) is 4.67. The van der Waals surface area contributed by atoms with Gasteiger partial charge in [-0.25, -0.2) is 8.42 Å². The smallest absolute Gasteiger partial charge is 0.261 e. The SMILES string of the molecule is CN(Cc1ccsc1)C(=O)c1cccc(S(=O)(=O)Nc2ccc3c(c2)OCO3)c1. The van der Waals surface area contributed by atoms with Crippen LogP contribution in [0, 0.1) is 0 Å². The Morgan fingerprint density at radius 3 is 2.76 bits per heavy atom. The van der Waals surface area contributed by atoms with E-state index < -0.39 is 10.0 Å². The second-order valence-electron chi connectivity index (χ2n) is 6.49. The normalized spacial score (nSPS) is 12.6. The molecule has 0 bridgehead atoms. The van der Waals surface area contributed by atoms with Crippen LogP contribution < -0.4 is 14.2 Å². The average molecular weight is 431 g/mol. The van der Waals surface area contributed by atoms with E-state index in [1.165, 1.54) is 12.1 Å². The number of ether oxygens (including phenoxy) is 2. The summed E-state index contributed by atoms with van der Waals surface area (Å²) < 4.78 is 38.6. The number of hydrogen-bond donors (Lipinski definition) is 1. The number of nitrogens with zero attached hydrogens (tertiary/aromatic N) is 1. The summed E-state index contributed by atoms with van der Waals surface area (Å²) >= 11 is 1.56. The Hall–Kier alpha value is -3.04. The number of hydrogen-bond acceptors (Lipinski definition) is 6. The zero-order chi connectivity index (χ0) is 20.4. The fourth-order valence-electron chi connectivity index (χ4n) is 2.92. The molecule has 150 valence electrons. The van der Waals surface area contributed by atoms with Crippen LogP contribution in [0.4, 0.5) is 5.69 Å². The first-order valence-corrected chi connectivity index (χ1v) is 11.1. The average Bonchev–Trinajstić information content (AvgIpc) is 3.38. The summed E-state index contributed by atoms with van der Waals surface area (Å²) in [5.41, 5.74) is 1.68. The Morgan fingerprint density at radius 1 is 1.14 bits per heavy atom. The van der Waals surface area contributed by atoms with E-state index in [9.17, 15) is 13.2 Å². The number of thiophene rings is 1. The molecule has 0 saturated heterocycles. The first-order chi connectivity index (χ1) is 13.9. The van der Waals surface area contributed by atoms with E-state index in [0.29, 0.717) is 29.3 Å². The van der Waals surface area contributed by atoms with Gasteiger partial charge in [-0.15, -0.1) is 0 Å². The molecule has 1 aliphatic heterocycles. The van der Waals surface area contributed by atoms with Crippen molar-refractivity contribution in [3.8, 4) is 11.5 Å². The number of sulfonamides is 1. The van der Waals surface area contributed by atoms with Gasteiger partial charge in [-0.05, 0) is 52.7 Å². The summed E-state index contributed by atoms with van der Waals surface area (Å²) in [5.74, 6) is 0.787. The van der Waals surface area contributed by atoms with Crippen molar-refractivity contribution in [1.29, 1.82) is 0 Å². The minimum Gasteiger partial charge on any atom is -0.454 e. The lowest BCUT2D eigenvalue weighted by Gasteiger charge is -2.17. The number of nitrogens with one attached hydrogen (secondary N) is 1. The van der Waals surface area contributed by atoms with Crippen molar-refractivity contribution < 1.29 is 22.7 Å². The molecule has 0 spiro atoms. The van der Waals surface area contributed by atoms with Crippen LogP contribution in [0.15, 0.2) is 64.2 Å². The van der Waals surface area contributed by atoms with Crippen LogP contribution in [0.2, 0.25) is 0 Å². The van der Waals surface area contributed by atoms with Gasteiger partial charge >= 0.3 is 0 Å². The highest BCUT2D eigenvalue weighted by Crippen LogP contribution is 2.34. The molecule has 1 aliphatic rings. The molecule has 2 heterocycles. The molecule has 1 N–H and O–H groups in total.